The predicted octanol–water partition coefficient (Wildman–Crippen LogP) is 2.53. The van der Waals surface area contributed by atoms with Gasteiger partial charge in [0.05, 0.1) is 22.8 Å². The molecule has 18 heavy (non-hydrogen) atoms. The van der Waals surface area contributed by atoms with Crippen molar-refractivity contribution in [1.82, 2.24) is 0 Å². The van der Waals surface area contributed by atoms with Gasteiger partial charge in [0.1, 0.15) is 6.67 Å². The van der Waals surface area contributed by atoms with Crippen molar-refractivity contribution >= 4 is 22.8 Å². The van der Waals surface area contributed by atoms with Crippen LogP contribution in [0.4, 0.5) is 11.4 Å². The summed E-state index contributed by atoms with van der Waals surface area (Å²) < 4.78 is 0. The SMILES string of the molecule is Cc1ccc(N)c(NCN=C2C=CC=CC2=N)c1. The van der Waals surface area contributed by atoms with Crippen LogP contribution in [0.5, 0.6) is 0 Å². The van der Waals surface area contributed by atoms with Gasteiger partial charge in [0, 0.05) is 0 Å². The van der Waals surface area contributed by atoms with E-state index < -0.39 is 0 Å². The minimum Gasteiger partial charge on any atom is -0.397 e. The molecule has 0 aliphatic heterocycles. The maximum Gasteiger partial charge on any atom is 0.108 e. The largest absolute Gasteiger partial charge is 0.397 e. The van der Waals surface area contributed by atoms with E-state index in [4.69, 9.17) is 11.1 Å². The highest BCUT2D eigenvalue weighted by atomic mass is 15.0. The van der Waals surface area contributed by atoms with Crippen molar-refractivity contribution in [3.8, 4) is 0 Å². The van der Waals surface area contributed by atoms with Gasteiger partial charge in [-0.1, -0.05) is 18.2 Å². The molecule has 0 radical (unpaired) electrons. The van der Waals surface area contributed by atoms with E-state index in [0.29, 0.717) is 23.8 Å². The van der Waals surface area contributed by atoms with E-state index >= 15 is 0 Å². The summed E-state index contributed by atoms with van der Waals surface area (Å²) in [5.74, 6) is 0. The second kappa shape index (κ2) is 5.31. The Balaban J connectivity index is 2.02. The summed E-state index contributed by atoms with van der Waals surface area (Å²) in [6.07, 6.45) is 7.24. The topological polar surface area (TPSA) is 74.3 Å². The number of hydrogen-bond donors (Lipinski definition) is 3. The maximum absolute atomic E-state index is 7.68. The fourth-order valence-electron chi connectivity index (χ4n) is 1.64. The molecule has 0 atom stereocenters. The highest BCUT2D eigenvalue weighted by Gasteiger charge is 2.02. The van der Waals surface area contributed by atoms with E-state index in [1.165, 1.54) is 0 Å². The molecule has 92 valence electrons. The van der Waals surface area contributed by atoms with Gasteiger partial charge in [0.25, 0.3) is 0 Å². The Morgan fingerprint density at radius 2 is 2.06 bits per heavy atom. The first kappa shape index (κ1) is 12.1. The van der Waals surface area contributed by atoms with E-state index in [-0.39, 0.29) is 0 Å². The Labute approximate surface area is 106 Å². The van der Waals surface area contributed by atoms with Crippen LogP contribution in [-0.4, -0.2) is 18.1 Å². The normalized spacial score (nSPS) is 16.3. The number of hydrogen-bond acceptors (Lipinski definition) is 4. The minimum atomic E-state index is 0.406. The van der Waals surface area contributed by atoms with Crippen LogP contribution in [0.1, 0.15) is 5.56 Å². The smallest absolute Gasteiger partial charge is 0.108 e. The molecule has 4 nitrogen and oxygen atoms in total. The van der Waals surface area contributed by atoms with Crippen LogP contribution in [0.3, 0.4) is 0 Å². The first-order valence-electron chi connectivity index (χ1n) is 5.75. The fraction of sp³-hybridized carbons (Fsp3) is 0.143. The Morgan fingerprint density at radius 1 is 1.28 bits per heavy atom. The molecule has 1 aromatic rings. The van der Waals surface area contributed by atoms with E-state index in [1.54, 1.807) is 6.08 Å². The van der Waals surface area contributed by atoms with E-state index in [0.717, 1.165) is 11.3 Å². The zero-order valence-electron chi connectivity index (χ0n) is 10.3. The Morgan fingerprint density at radius 3 is 2.83 bits per heavy atom. The average Bonchev–Trinajstić information content (AvgIpc) is 2.36. The lowest BCUT2D eigenvalue weighted by molar-refractivity contribution is 1.14. The second-order valence-corrected chi connectivity index (χ2v) is 4.10. The highest BCUT2D eigenvalue weighted by molar-refractivity contribution is 6.50. The zero-order chi connectivity index (χ0) is 13.0. The number of rotatable bonds is 3. The van der Waals surface area contributed by atoms with Crippen molar-refractivity contribution in [3.63, 3.8) is 0 Å². The maximum atomic E-state index is 7.68. The molecule has 0 fully saturated rings. The summed E-state index contributed by atoms with van der Waals surface area (Å²) in [6, 6.07) is 5.82. The molecule has 0 spiro atoms. The van der Waals surface area contributed by atoms with Crippen LogP contribution in [0, 0.1) is 12.3 Å². The van der Waals surface area contributed by atoms with Crippen LogP contribution in [0.15, 0.2) is 47.5 Å². The average molecular weight is 240 g/mol. The number of nitrogens with two attached hydrogens (primary N) is 1. The molecule has 1 aliphatic carbocycles. The van der Waals surface area contributed by atoms with Crippen LogP contribution < -0.4 is 11.1 Å². The summed E-state index contributed by atoms with van der Waals surface area (Å²) in [5, 5.41) is 10.8. The Kier molecular flexibility index (Phi) is 3.57. The van der Waals surface area contributed by atoms with Crippen molar-refractivity contribution < 1.29 is 0 Å². The molecule has 0 amide bonds. The van der Waals surface area contributed by atoms with Gasteiger partial charge in [-0.3, -0.25) is 10.4 Å². The van der Waals surface area contributed by atoms with Crippen molar-refractivity contribution in [1.29, 1.82) is 5.41 Å². The van der Waals surface area contributed by atoms with Gasteiger partial charge in [-0.25, -0.2) is 0 Å². The molecular weight excluding hydrogens is 224 g/mol. The standard InChI is InChI=1S/C14H16N4/c1-10-6-7-12(16)14(8-10)18-9-17-13-5-3-2-4-11(13)15/h2-8,15,18H,9,16H2,1H3. The van der Waals surface area contributed by atoms with Gasteiger partial charge in [-0.15, -0.1) is 0 Å². The minimum absolute atomic E-state index is 0.406. The fourth-order valence-corrected chi connectivity index (χ4v) is 1.64. The van der Waals surface area contributed by atoms with Gasteiger partial charge >= 0.3 is 0 Å². The van der Waals surface area contributed by atoms with Gasteiger partial charge in [-0.2, -0.15) is 0 Å². The van der Waals surface area contributed by atoms with Crippen molar-refractivity contribution in [2.24, 2.45) is 4.99 Å². The number of aryl methyl sites for hydroxylation is 1. The molecule has 0 aromatic heterocycles. The van der Waals surface area contributed by atoms with Crippen LogP contribution in [0.2, 0.25) is 0 Å². The number of allylic oxidation sites excluding steroid dienone is 4. The van der Waals surface area contributed by atoms with Gasteiger partial charge in [0.2, 0.25) is 0 Å². The molecule has 1 aromatic carbocycles. The number of benzene rings is 1. The first-order valence-corrected chi connectivity index (χ1v) is 5.75. The first-order chi connectivity index (χ1) is 8.66. The molecule has 2 rings (SSSR count). The molecule has 1 aliphatic rings. The monoisotopic (exact) mass is 240 g/mol. The molecular formula is C14H16N4. The number of nitrogens with one attached hydrogen (secondary N) is 2. The van der Waals surface area contributed by atoms with E-state index in [1.807, 2.05) is 43.4 Å². The molecule has 0 saturated carbocycles. The summed E-state index contributed by atoms with van der Waals surface area (Å²) in [4.78, 5) is 4.32. The van der Waals surface area contributed by atoms with Gasteiger partial charge in [-0.05, 0) is 36.8 Å². The van der Waals surface area contributed by atoms with Gasteiger partial charge in [0.15, 0.2) is 0 Å². The van der Waals surface area contributed by atoms with Crippen molar-refractivity contribution in [2.45, 2.75) is 6.92 Å². The Bertz CT molecular complexity index is 553. The summed E-state index contributed by atoms with van der Waals surface area (Å²) >= 11 is 0. The van der Waals surface area contributed by atoms with Crippen LogP contribution >= 0.6 is 0 Å². The molecule has 0 unspecified atom stereocenters. The van der Waals surface area contributed by atoms with Gasteiger partial charge < -0.3 is 11.1 Å². The molecule has 0 heterocycles. The predicted molar refractivity (Wildman–Crippen MR) is 77.5 cm³/mol. The second-order valence-electron chi connectivity index (χ2n) is 4.10. The lowest BCUT2D eigenvalue weighted by Crippen LogP contribution is -2.12. The summed E-state index contributed by atoms with van der Waals surface area (Å²) in [7, 11) is 0. The number of anilines is 2. The third kappa shape index (κ3) is 2.85. The van der Waals surface area contributed by atoms with Crippen LogP contribution in [-0.2, 0) is 0 Å². The lowest BCUT2D eigenvalue weighted by Gasteiger charge is -2.09. The van der Waals surface area contributed by atoms with Crippen LogP contribution in [0.25, 0.3) is 0 Å². The molecule has 4 N–H and O–H groups in total. The summed E-state index contributed by atoms with van der Waals surface area (Å²) in [6.45, 7) is 2.42. The Hall–Kier alpha value is -2.36. The van der Waals surface area contributed by atoms with Crippen molar-refractivity contribution in [3.05, 3.63) is 48.1 Å². The van der Waals surface area contributed by atoms with E-state index in [9.17, 15) is 0 Å². The third-order valence-electron chi connectivity index (χ3n) is 2.63. The zero-order valence-corrected chi connectivity index (χ0v) is 10.3. The quantitative estimate of drug-likeness (QED) is 0.561. The lowest BCUT2D eigenvalue weighted by atomic mass is 10.1. The number of aliphatic imine (C=N–C) groups is 1. The van der Waals surface area contributed by atoms with Crippen molar-refractivity contribution in [2.75, 3.05) is 17.7 Å². The molecule has 4 heteroatoms. The molecule has 0 bridgehead atoms. The summed E-state index contributed by atoms with van der Waals surface area (Å²) in [5.41, 5.74) is 9.69. The molecule has 0 saturated heterocycles. The third-order valence-corrected chi connectivity index (χ3v) is 2.63. The number of nitrogens with zero attached hydrogens (tertiary/aromatic N) is 1. The van der Waals surface area contributed by atoms with E-state index in [2.05, 4.69) is 10.3 Å². The highest BCUT2D eigenvalue weighted by Crippen LogP contribution is 2.19. The number of nitrogen functional groups attached to an aromatic ring is 1.